The Morgan fingerprint density at radius 3 is 2.55 bits per heavy atom. The van der Waals surface area contributed by atoms with Crippen LogP contribution in [0.1, 0.15) is 29.8 Å². The van der Waals surface area contributed by atoms with Gasteiger partial charge in [-0.25, -0.2) is 5.43 Å². The molecule has 0 bridgehead atoms. The predicted molar refractivity (Wildman–Crippen MR) is 88.0 cm³/mol. The molecule has 22 heavy (non-hydrogen) atoms. The number of nitrogens with one attached hydrogen (secondary N) is 1. The van der Waals surface area contributed by atoms with E-state index in [2.05, 4.69) is 10.5 Å². The van der Waals surface area contributed by atoms with Gasteiger partial charge in [-0.1, -0.05) is 56.3 Å². The Morgan fingerprint density at radius 1 is 1.14 bits per heavy atom. The maximum absolute atomic E-state index is 12.2. The summed E-state index contributed by atoms with van der Waals surface area (Å²) in [6, 6.07) is 17.0. The van der Waals surface area contributed by atoms with Crippen LogP contribution in [0.15, 0.2) is 59.7 Å². The summed E-state index contributed by atoms with van der Waals surface area (Å²) in [6.45, 7) is 4.40. The minimum atomic E-state index is -0.277. The van der Waals surface area contributed by atoms with E-state index in [4.69, 9.17) is 4.74 Å². The van der Waals surface area contributed by atoms with Crippen molar-refractivity contribution in [3.63, 3.8) is 0 Å². The molecule has 0 fully saturated rings. The summed E-state index contributed by atoms with van der Waals surface area (Å²) in [5, 5.41) is 3.93. The van der Waals surface area contributed by atoms with E-state index >= 15 is 0 Å². The molecule has 4 heteroatoms. The molecule has 0 heterocycles. The van der Waals surface area contributed by atoms with Gasteiger partial charge in [-0.2, -0.15) is 5.10 Å². The SMILES string of the molecule is CC(C)/C=N/NC(=O)c1ccccc1OCc1ccccc1. The van der Waals surface area contributed by atoms with Crippen molar-refractivity contribution >= 4 is 12.1 Å². The molecule has 2 rings (SSSR count). The number of hydrogen-bond acceptors (Lipinski definition) is 3. The van der Waals surface area contributed by atoms with Crippen LogP contribution in [0.2, 0.25) is 0 Å². The number of para-hydroxylation sites is 1. The normalized spacial score (nSPS) is 10.9. The summed E-state index contributed by atoms with van der Waals surface area (Å²) in [4.78, 5) is 12.2. The van der Waals surface area contributed by atoms with Crippen molar-refractivity contribution in [1.82, 2.24) is 5.43 Å². The number of hydrazone groups is 1. The molecule has 0 saturated carbocycles. The lowest BCUT2D eigenvalue weighted by atomic mass is 10.2. The minimum Gasteiger partial charge on any atom is -0.488 e. The first-order valence-corrected chi connectivity index (χ1v) is 7.26. The molecule has 0 atom stereocenters. The van der Waals surface area contributed by atoms with Gasteiger partial charge < -0.3 is 4.74 Å². The van der Waals surface area contributed by atoms with E-state index in [1.165, 1.54) is 0 Å². The van der Waals surface area contributed by atoms with Crippen molar-refractivity contribution in [2.75, 3.05) is 0 Å². The third kappa shape index (κ3) is 4.74. The van der Waals surface area contributed by atoms with E-state index in [0.717, 1.165) is 5.56 Å². The van der Waals surface area contributed by atoms with Crippen LogP contribution in [-0.2, 0) is 6.61 Å². The molecule has 2 aromatic carbocycles. The summed E-state index contributed by atoms with van der Waals surface area (Å²) in [7, 11) is 0. The highest BCUT2D eigenvalue weighted by molar-refractivity contribution is 5.97. The number of rotatable bonds is 6. The van der Waals surface area contributed by atoms with E-state index in [-0.39, 0.29) is 11.8 Å². The Kier molecular flexibility index (Phi) is 5.72. The highest BCUT2D eigenvalue weighted by Gasteiger charge is 2.11. The topological polar surface area (TPSA) is 50.7 Å². The summed E-state index contributed by atoms with van der Waals surface area (Å²) in [6.07, 6.45) is 1.69. The lowest BCUT2D eigenvalue weighted by Gasteiger charge is -2.10. The van der Waals surface area contributed by atoms with Crippen molar-refractivity contribution < 1.29 is 9.53 Å². The number of carbonyl (C=O) groups excluding carboxylic acids is 1. The van der Waals surface area contributed by atoms with E-state index in [0.29, 0.717) is 17.9 Å². The van der Waals surface area contributed by atoms with Gasteiger partial charge in [0.15, 0.2) is 0 Å². The number of amides is 1. The Balaban J connectivity index is 2.04. The van der Waals surface area contributed by atoms with Gasteiger partial charge in [0, 0.05) is 6.21 Å². The van der Waals surface area contributed by atoms with Crippen molar-refractivity contribution in [2.24, 2.45) is 11.0 Å². The van der Waals surface area contributed by atoms with E-state index < -0.39 is 0 Å². The third-order valence-electron chi connectivity index (χ3n) is 2.91. The fraction of sp³-hybridized carbons (Fsp3) is 0.222. The van der Waals surface area contributed by atoms with E-state index in [1.807, 2.05) is 50.2 Å². The molecule has 114 valence electrons. The summed E-state index contributed by atoms with van der Waals surface area (Å²) >= 11 is 0. The Hall–Kier alpha value is -2.62. The first-order chi connectivity index (χ1) is 10.7. The van der Waals surface area contributed by atoms with Crippen molar-refractivity contribution in [2.45, 2.75) is 20.5 Å². The average molecular weight is 296 g/mol. The monoisotopic (exact) mass is 296 g/mol. The Labute approximate surface area is 130 Å². The number of hydrogen-bond donors (Lipinski definition) is 1. The van der Waals surface area contributed by atoms with Crippen LogP contribution in [0.4, 0.5) is 0 Å². The third-order valence-corrected chi connectivity index (χ3v) is 2.91. The van der Waals surface area contributed by atoms with Gasteiger partial charge in [0.05, 0.1) is 5.56 Å². The second-order valence-corrected chi connectivity index (χ2v) is 5.23. The molecular weight excluding hydrogens is 276 g/mol. The largest absolute Gasteiger partial charge is 0.488 e. The Bertz CT molecular complexity index is 637. The molecule has 0 aliphatic carbocycles. The lowest BCUT2D eigenvalue weighted by Crippen LogP contribution is -2.19. The van der Waals surface area contributed by atoms with Gasteiger partial charge >= 0.3 is 0 Å². The maximum atomic E-state index is 12.2. The minimum absolute atomic E-state index is 0.277. The molecule has 1 amide bonds. The van der Waals surface area contributed by atoms with Gasteiger partial charge in [0.2, 0.25) is 0 Å². The first-order valence-electron chi connectivity index (χ1n) is 7.26. The summed E-state index contributed by atoms with van der Waals surface area (Å²) < 4.78 is 5.76. The molecule has 0 aliphatic heterocycles. The van der Waals surface area contributed by atoms with E-state index in [1.54, 1.807) is 24.4 Å². The van der Waals surface area contributed by atoms with Crippen molar-refractivity contribution in [1.29, 1.82) is 0 Å². The number of benzene rings is 2. The first kappa shape index (κ1) is 15.8. The van der Waals surface area contributed by atoms with Crippen molar-refractivity contribution in [3.05, 3.63) is 65.7 Å². The smallest absolute Gasteiger partial charge is 0.275 e. The second-order valence-electron chi connectivity index (χ2n) is 5.23. The van der Waals surface area contributed by atoms with Crippen LogP contribution in [-0.4, -0.2) is 12.1 Å². The fourth-order valence-electron chi connectivity index (χ4n) is 1.82. The van der Waals surface area contributed by atoms with Crippen LogP contribution < -0.4 is 10.2 Å². The highest BCUT2D eigenvalue weighted by Crippen LogP contribution is 2.19. The van der Waals surface area contributed by atoms with Gasteiger partial charge in [0.1, 0.15) is 12.4 Å². The van der Waals surface area contributed by atoms with Crippen molar-refractivity contribution in [3.8, 4) is 5.75 Å². The van der Waals surface area contributed by atoms with Gasteiger partial charge in [0.25, 0.3) is 5.91 Å². The van der Waals surface area contributed by atoms with Crippen LogP contribution in [0.3, 0.4) is 0 Å². The molecule has 1 N–H and O–H groups in total. The molecule has 0 unspecified atom stereocenters. The molecule has 0 aromatic heterocycles. The molecule has 0 aliphatic rings. The number of ether oxygens (including phenoxy) is 1. The average Bonchev–Trinajstić information content (AvgIpc) is 2.54. The Morgan fingerprint density at radius 2 is 1.82 bits per heavy atom. The number of nitrogens with zero attached hydrogens (tertiary/aromatic N) is 1. The number of carbonyl (C=O) groups is 1. The second kappa shape index (κ2) is 7.98. The molecule has 0 saturated heterocycles. The van der Waals surface area contributed by atoms with Crippen LogP contribution in [0.25, 0.3) is 0 Å². The molecular formula is C18H20N2O2. The zero-order valence-corrected chi connectivity index (χ0v) is 12.8. The molecule has 4 nitrogen and oxygen atoms in total. The molecule has 2 aromatic rings. The zero-order chi connectivity index (χ0) is 15.8. The lowest BCUT2D eigenvalue weighted by molar-refractivity contribution is 0.0950. The predicted octanol–water partition coefficient (Wildman–Crippen LogP) is 3.64. The quantitative estimate of drug-likeness (QED) is 0.653. The summed E-state index contributed by atoms with van der Waals surface area (Å²) in [5.74, 6) is 0.550. The molecule has 0 spiro atoms. The standard InChI is InChI=1S/C18H20N2O2/c1-14(2)12-19-20-18(21)16-10-6-7-11-17(16)22-13-15-8-4-3-5-9-15/h3-12,14H,13H2,1-2H3,(H,20,21)/b19-12+. The van der Waals surface area contributed by atoms with Gasteiger partial charge in [-0.3, -0.25) is 4.79 Å². The molecule has 0 radical (unpaired) electrons. The zero-order valence-electron chi connectivity index (χ0n) is 12.8. The highest BCUT2D eigenvalue weighted by atomic mass is 16.5. The van der Waals surface area contributed by atoms with Crippen LogP contribution >= 0.6 is 0 Å². The van der Waals surface area contributed by atoms with Crippen LogP contribution in [0.5, 0.6) is 5.75 Å². The van der Waals surface area contributed by atoms with E-state index in [9.17, 15) is 4.79 Å². The van der Waals surface area contributed by atoms with Gasteiger partial charge in [-0.15, -0.1) is 0 Å². The summed E-state index contributed by atoms with van der Waals surface area (Å²) in [5.41, 5.74) is 4.04. The van der Waals surface area contributed by atoms with Gasteiger partial charge in [-0.05, 0) is 23.6 Å². The fourth-order valence-corrected chi connectivity index (χ4v) is 1.82. The van der Waals surface area contributed by atoms with Crippen LogP contribution in [0, 0.1) is 5.92 Å². The maximum Gasteiger partial charge on any atom is 0.275 e.